The molecular weight excluding hydrogens is 368 g/mol. The van der Waals surface area contributed by atoms with Gasteiger partial charge in [-0.15, -0.1) is 0 Å². The van der Waals surface area contributed by atoms with Crippen molar-refractivity contribution >= 4 is 34.7 Å². The van der Waals surface area contributed by atoms with Crippen molar-refractivity contribution in [1.82, 2.24) is 14.5 Å². The van der Waals surface area contributed by atoms with E-state index in [1.807, 2.05) is 28.8 Å². The van der Waals surface area contributed by atoms with E-state index in [0.717, 1.165) is 24.0 Å². The van der Waals surface area contributed by atoms with Gasteiger partial charge < -0.3 is 4.57 Å². The van der Waals surface area contributed by atoms with Crippen LogP contribution in [0.15, 0.2) is 48.5 Å². The minimum absolute atomic E-state index is 0.186. The molecule has 0 fully saturated rings. The van der Waals surface area contributed by atoms with E-state index in [-0.39, 0.29) is 30.7 Å². The standard InChI is InChI=1S/C22H22N4O3/c1-2-13-25-18-11-6-5-10-17(18)23-22(25)24-19(27)12-7-14-26-20(28)15-8-3-4-9-16(15)21(26)29/h3-6,8-11H,2,7,12-14H2,1H3,(H,23,24,27). The average molecular weight is 390 g/mol. The van der Waals surface area contributed by atoms with E-state index >= 15 is 0 Å². The van der Waals surface area contributed by atoms with E-state index in [4.69, 9.17) is 0 Å². The SMILES string of the molecule is CCCn1c(NC(=O)CCCN2C(=O)c3ccccc3C2=O)nc2ccccc21. The molecule has 7 nitrogen and oxygen atoms in total. The molecule has 0 bridgehead atoms. The predicted octanol–water partition coefficient (Wildman–Crippen LogP) is 3.46. The molecule has 2 aromatic carbocycles. The van der Waals surface area contributed by atoms with E-state index in [9.17, 15) is 14.4 Å². The Labute approximate surface area is 168 Å². The lowest BCUT2D eigenvalue weighted by molar-refractivity contribution is -0.116. The fraction of sp³-hybridized carbons (Fsp3) is 0.273. The number of fused-ring (bicyclic) bond motifs is 2. The fourth-order valence-electron chi connectivity index (χ4n) is 3.65. The molecule has 1 aliphatic rings. The first-order chi connectivity index (χ1) is 14.1. The summed E-state index contributed by atoms with van der Waals surface area (Å²) in [5, 5.41) is 2.87. The average Bonchev–Trinajstić information content (AvgIpc) is 3.19. The van der Waals surface area contributed by atoms with Crippen molar-refractivity contribution < 1.29 is 14.4 Å². The van der Waals surface area contributed by atoms with Gasteiger partial charge in [-0.2, -0.15) is 0 Å². The van der Waals surface area contributed by atoms with Gasteiger partial charge in [0.05, 0.1) is 22.2 Å². The number of imidazole rings is 1. The Balaban J connectivity index is 1.38. The number of nitrogens with one attached hydrogen (secondary N) is 1. The number of hydrogen-bond acceptors (Lipinski definition) is 4. The van der Waals surface area contributed by atoms with E-state index in [1.165, 1.54) is 4.90 Å². The van der Waals surface area contributed by atoms with Crippen LogP contribution in [-0.2, 0) is 11.3 Å². The lowest BCUT2D eigenvalue weighted by atomic mass is 10.1. The van der Waals surface area contributed by atoms with Crippen LogP contribution in [0.3, 0.4) is 0 Å². The molecule has 3 amide bonds. The number of aryl methyl sites for hydroxylation is 1. The molecule has 0 saturated carbocycles. The zero-order chi connectivity index (χ0) is 20.4. The quantitative estimate of drug-likeness (QED) is 0.626. The van der Waals surface area contributed by atoms with Crippen LogP contribution in [0, 0.1) is 0 Å². The molecule has 0 saturated heterocycles. The largest absolute Gasteiger partial charge is 0.310 e. The summed E-state index contributed by atoms with van der Waals surface area (Å²) < 4.78 is 2.00. The summed E-state index contributed by atoms with van der Waals surface area (Å²) in [6.45, 7) is 3.04. The number of rotatable bonds is 7. The van der Waals surface area contributed by atoms with Crippen molar-refractivity contribution in [2.45, 2.75) is 32.7 Å². The van der Waals surface area contributed by atoms with Gasteiger partial charge in [-0.3, -0.25) is 24.6 Å². The van der Waals surface area contributed by atoms with Crippen LogP contribution >= 0.6 is 0 Å². The molecule has 0 spiro atoms. The molecule has 148 valence electrons. The van der Waals surface area contributed by atoms with Crippen LogP contribution in [-0.4, -0.2) is 38.7 Å². The molecule has 29 heavy (non-hydrogen) atoms. The summed E-state index contributed by atoms with van der Waals surface area (Å²) in [5.41, 5.74) is 2.67. The first-order valence-electron chi connectivity index (χ1n) is 9.80. The summed E-state index contributed by atoms with van der Waals surface area (Å²) in [6.07, 6.45) is 1.51. The number of aromatic nitrogens is 2. The van der Waals surface area contributed by atoms with E-state index < -0.39 is 0 Å². The number of para-hydroxylation sites is 2. The molecule has 1 aromatic heterocycles. The van der Waals surface area contributed by atoms with Crippen molar-refractivity contribution in [3.05, 3.63) is 59.7 Å². The number of imide groups is 1. The Bertz CT molecular complexity index is 1070. The van der Waals surface area contributed by atoms with Gasteiger partial charge in [0.2, 0.25) is 11.9 Å². The number of anilines is 1. The third-order valence-electron chi connectivity index (χ3n) is 5.02. The number of carbonyl (C=O) groups excluding carboxylic acids is 3. The van der Waals surface area contributed by atoms with Crippen LogP contribution in [0.4, 0.5) is 5.95 Å². The highest BCUT2D eigenvalue weighted by Gasteiger charge is 2.34. The van der Waals surface area contributed by atoms with Gasteiger partial charge in [0, 0.05) is 19.5 Å². The second-order valence-corrected chi connectivity index (χ2v) is 7.04. The molecule has 4 rings (SSSR count). The highest BCUT2D eigenvalue weighted by atomic mass is 16.2. The van der Waals surface area contributed by atoms with Crippen LogP contribution in [0.1, 0.15) is 46.9 Å². The molecule has 1 aliphatic heterocycles. The molecule has 0 unspecified atom stereocenters. The monoisotopic (exact) mass is 390 g/mol. The lowest BCUT2D eigenvalue weighted by Gasteiger charge is -2.13. The van der Waals surface area contributed by atoms with Gasteiger partial charge in [0.1, 0.15) is 0 Å². The second kappa shape index (κ2) is 7.87. The molecule has 2 heterocycles. The Morgan fingerprint density at radius 3 is 2.31 bits per heavy atom. The smallest absolute Gasteiger partial charge is 0.261 e. The van der Waals surface area contributed by atoms with E-state index in [0.29, 0.717) is 23.5 Å². The highest BCUT2D eigenvalue weighted by molar-refractivity contribution is 6.21. The Morgan fingerprint density at radius 1 is 0.966 bits per heavy atom. The van der Waals surface area contributed by atoms with Crippen LogP contribution < -0.4 is 5.32 Å². The van der Waals surface area contributed by atoms with Crippen molar-refractivity contribution in [2.24, 2.45) is 0 Å². The summed E-state index contributed by atoms with van der Waals surface area (Å²) >= 11 is 0. The normalized spacial score (nSPS) is 13.2. The fourth-order valence-corrected chi connectivity index (χ4v) is 3.65. The highest BCUT2D eigenvalue weighted by Crippen LogP contribution is 2.23. The maximum atomic E-state index is 12.4. The van der Waals surface area contributed by atoms with Crippen LogP contribution in [0.5, 0.6) is 0 Å². The van der Waals surface area contributed by atoms with Gasteiger partial charge >= 0.3 is 0 Å². The number of carbonyl (C=O) groups is 3. The molecule has 3 aromatic rings. The van der Waals surface area contributed by atoms with E-state index in [2.05, 4.69) is 17.2 Å². The van der Waals surface area contributed by atoms with Crippen LogP contribution in [0.25, 0.3) is 11.0 Å². The topological polar surface area (TPSA) is 84.3 Å². The summed E-state index contributed by atoms with van der Waals surface area (Å²) in [4.78, 5) is 42.9. The molecule has 1 N–H and O–H groups in total. The Kier molecular flexibility index (Phi) is 5.12. The molecular formula is C22H22N4O3. The molecule has 0 radical (unpaired) electrons. The number of benzene rings is 2. The van der Waals surface area contributed by atoms with Crippen LogP contribution in [0.2, 0.25) is 0 Å². The number of nitrogens with zero attached hydrogens (tertiary/aromatic N) is 3. The second-order valence-electron chi connectivity index (χ2n) is 7.04. The summed E-state index contributed by atoms with van der Waals surface area (Å²) in [5.74, 6) is -0.250. The Hall–Kier alpha value is -3.48. The van der Waals surface area contributed by atoms with Crippen molar-refractivity contribution in [3.63, 3.8) is 0 Å². The zero-order valence-corrected chi connectivity index (χ0v) is 16.2. The maximum Gasteiger partial charge on any atom is 0.261 e. The van der Waals surface area contributed by atoms with Gasteiger partial charge in [0.15, 0.2) is 0 Å². The number of amides is 3. The van der Waals surface area contributed by atoms with Crippen molar-refractivity contribution in [1.29, 1.82) is 0 Å². The van der Waals surface area contributed by atoms with Crippen molar-refractivity contribution in [3.8, 4) is 0 Å². The molecule has 0 aliphatic carbocycles. The predicted molar refractivity (Wildman–Crippen MR) is 110 cm³/mol. The van der Waals surface area contributed by atoms with E-state index in [1.54, 1.807) is 24.3 Å². The molecule has 7 heteroatoms. The first kappa shape index (κ1) is 18.9. The lowest BCUT2D eigenvalue weighted by Crippen LogP contribution is -2.31. The van der Waals surface area contributed by atoms with Gasteiger partial charge in [0.25, 0.3) is 11.8 Å². The van der Waals surface area contributed by atoms with Gasteiger partial charge in [-0.1, -0.05) is 31.2 Å². The van der Waals surface area contributed by atoms with Crippen molar-refractivity contribution in [2.75, 3.05) is 11.9 Å². The number of hydrogen-bond donors (Lipinski definition) is 1. The minimum atomic E-state index is -0.296. The third kappa shape index (κ3) is 3.51. The minimum Gasteiger partial charge on any atom is -0.310 e. The third-order valence-corrected chi connectivity index (χ3v) is 5.02. The molecule has 0 atom stereocenters. The van der Waals surface area contributed by atoms with Gasteiger partial charge in [-0.05, 0) is 37.1 Å². The first-order valence-corrected chi connectivity index (χ1v) is 9.80. The Morgan fingerprint density at radius 2 is 1.62 bits per heavy atom. The summed E-state index contributed by atoms with van der Waals surface area (Å²) in [7, 11) is 0. The zero-order valence-electron chi connectivity index (χ0n) is 16.2. The summed E-state index contributed by atoms with van der Waals surface area (Å²) in [6, 6.07) is 14.5. The maximum absolute atomic E-state index is 12.4. The van der Waals surface area contributed by atoms with Gasteiger partial charge in [-0.25, -0.2) is 4.98 Å².